The van der Waals surface area contributed by atoms with Gasteiger partial charge < -0.3 is 10.0 Å². The Kier molecular flexibility index (Phi) is 5.47. The first-order chi connectivity index (χ1) is 9.13. The Hall–Kier alpha value is -0.330. The number of halogens is 2. The molecule has 5 heteroatoms. The Morgan fingerprint density at radius 2 is 2.21 bits per heavy atom. The molecule has 1 amide bonds. The van der Waals surface area contributed by atoms with Gasteiger partial charge in [-0.05, 0) is 66.5 Å². The largest absolute Gasteiger partial charge is 0.396 e. The van der Waals surface area contributed by atoms with E-state index in [4.69, 9.17) is 16.7 Å². The maximum Gasteiger partial charge on any atom is 0.255 e. The zero-order valence-electron chi connectivity index (χ0n) is 10.6. The summed E-state index contributed by atoms with van der Waals surface area (Å²) in [6, 6.07) is 5.72. The molecule has 0 saturated heterocycles. The molecular weight excluding hydrogens is 377 g/mol. The van der Waals surface area contributed by atoms with Crippen molar-refractivity contribution in [1.29, 1.82) is 0 Å². The summed E-state index contributed by atoms with van der Waals surface area (Å²) in [7, 11) is 0. The standard InChI is InChI=1S/C14H17ClINO2/c15-10-5-6-13(16)12(9-10)14(19)17(7-2-8-18)11-3-1-4-11/h5-6,9,11,18H,1-4,7-8H2. The molecule has 1 aliphatic carbocycles. The molecule has 1 saturated carbocycles. The van der Waals surface area contributed by atoms with Gasteiger partial charge in [0, 0.05) is 27.8 Å². The maximum atomic E-state index is 12.6. The average Bonchev–Trinajstić information content (AvgIpc) is 2.34. The van der Waals surface area contributed by atoms with Crippen molar-refractivity contribution in [2.75, 3.05) is 13.2 Å². The van der Waals surface area contributed by atoms with E-state index >= 15 is 0 Å². The highest BCUT2D eigenvalue weighted by Gasteiger charge is 2.29. The smallest absolute Gasteiger partial charge is 0.255 e. The van der Waals surface area contributed by atoms with Crippen LogP contribution in [-0.2, 0) is 0 Å². The predicted molar refractivity (Wildman–Crippen MR) is 84.5 cm³/mol. The van der Waals surface area contributed by atoms with Gasteiger partial charge in [-0.2, -0.15) is 0 Å². The number of amides is 1. The molecule has 19 heavy (non-hydrogen) atoms. The van der Waals surface area contributed by atoms with Gasteiger partial charge in [0.1, 0.15) is 0 Å². The van der Waals surface area contributed by atoms with E-state index < -0.39 is 0 Å². The molecule has 1 N–H and O–H groups in total. The number of carbonyl (C=O) groups is 1. The molecule has 0 unspecified atom stereocenters. The minimum Gasteiger partial charge on any atom is -0.396 e. The van der Waals surface area contributed by atoms with Crippen LogP contribution in [0.1, 0.15) is 36.0 Å². The van der Waals surface area contributed by atoms with Crippen molar-refractivity contribution in [2.45, 2.75) is 31.7 Å². The van der Waals surface area contributed by atoms with Crippen LogP contribution in [0.15, 0.2) is 18.2 Å². The summed E-state index contributed by atoms with van der Waals surface area (Å²) in [4.78, 5) is 14.5. The van der Waals surface area contributed by atoms with Crippen molar-refractivity contribution in [3.05, 3.63) is 32.4 Å². The Balaban J connectivity index is 2.19. The predicted octanol–water partition coefficient (Wildman–Crippen LogP) is 3.32. The normalized spacial score (nSPS) is 15.1. The molecule has 1 aromatic rings. The van der Waals surface area contributed by atoms with Crippen LogP contribution in [0.2, 0.25) is 5.02 Å². The number of carbonyl (C=O) groups excluding carboxylic acids is 1. The molecule has 0 spiro atoms. The first-order valence-corrected chi connectivity index (χ1v) is 7.96. The van der Waals surface area contributed by atoms with Gasteiger partial charge in [-0.1, -0.05) is 11.6 Å². The summed E-state index contributed by atoms with van der Waals surface area (Å²) in [5.41, 5.74) is 0.665. The highest BCUT2D eigenvalue weighted by atomic mass is 127. The molecule has 0 aliphatic heterocycles. The quantitative estimate of drug-likeness (QED) is 0.780. The summed E-state index contributed by atoms with van der Waals surface area (Å²) in [6.07, 6.45) is 3.93. The molecule has 0 radical (unpaired) electrons. The monoisotopic (exact) mass is 393 g/mol. The minimum atomic E-state index is 0.0325. The third-order valence-corrected chi connectivity index (χ3v) is 4.67. The van der Waals surface area contributed by atoms with E-state index in [1.54, 1.807) is 12.1 Å². The van der Waals surface area contributed by atoms with Crippen LogP contribution in [-0.4, -0.2) is 35.1 Å². The van der Waals surface area contributed by atoms with E-state index in [0.29, 0.717) is 29.6 Å². The van der Waals surface area contributed by atoms with Crippen LogP contribution in [0.4, 0.5) is 0 Å². The van der Waals surface area contributed by atoms with Gasteiger partial charge in [-0.3, -0.25) is 4.79 Å². The van der Waals surface area contributed by atoms with Crippen molar-refractivity contribution in [3.63, 3.8) is 0 Å². The Labute approximate surface area is 132 Å². The Morgan fingerprint density at radius 3 is 2.79 bits per heavy atom. The summed E-state index contributed by atoms with van der Waals surface area (Å²) < 4.78 is 0.917. The zero-order valence-corrected chi connectivity index (χ0v) is 13.5. The summed E-state index contributed by atoms with van der Waals surface area (Å²) in [5, 5.41) is 9.56. The number of aliphatic hydroxyl groups excluding tert-OH is 1. The van der Waals surface area contributed by atoms with E-state index in [2.05, 4.69) is 22.6 Å². The van der Waals surface area contributed by atoms with Gasteiger partial charge in [0.05, 0.1) is 5.56 Å². The van der Waals surface area contributed by atoms with Gasteiger partial charge >= 0.3 is 0 Å². The van der Waals surface area contributed by atoms with Gasteiger partial charge in [-0.25, -0.2) is 0 Å². The van der Waals surface area contributed by atoms with Crippen LogP contribution >= 0.6 is 34.2 Å². The molecular formula is C14H17ClINO2. The fourth-order valence-corrected chi connectivity index (χ4v) is 2.94. The van der Waals surface area contributed by atoms with Crippen molar-refractivity contribution in [2.24, 2.45) is 0 Å². The van der Waals surface area contributed by atoms with E-state index in [-0.39, 0.29) is 12.5 Å². The van der Waals surface area contributed by atoms with Crippen molar-refractivity contribution < 1.29 is 9.90 Å². The SMILES string of the molecule is O=C(c1cc(Cl)ccc1I)N(CCCO)C1CCC1. The number of nitrogens with zero attached hydrogens (tertiary/aromatic N) is 1. The first kappa shape index (κ1) is 15.1. The molecule has 1 aliphatic rings. The number of aliphatic hydroxyl groups is 1. The third-order valence-electron chi connectivity index (χ3n) is 3.49. The van der Waals surface area contributed by atoms with Gasteiger partial charge in [-0.15, -0.1) is 0 Å². The van der Waals surface area contributed by atoms with Crippen LogP contribution in [0.3, 0.4) is 0 Å². The van der Waals surface area contributed by atoms with E-state index in [1.165, 1.54) is 6.42 Å². The Bertz CT molecular complexity index is 463. The molecule has 0 bridgehead atoms. The lowest BCUT2D eigenvalue weighted by Crippen LogP contribution is -2.45. The minimum absolute atomic E-state index is 0.0325. The zero-order chi connectivity index (χ0) is 13.8. The molecule has 2 rings (SSSR count). The molecule has 104 valence electrons. The number of benzene rings is 1. The highest BCUT2D eigenvalue weighted by molar-refractivity contribution is 14.1. The average molecular weight is 394 g/mol. The number of hydrogen-bond donors (Lipinski definition) is 1. The summed E-state index contributed by atoms with van der Waals surface area (Å²) in [5.74, 6) is 0.0325. The Morgan fingerprint density at radius 1 is 1.47 bits per heavy atom. The van der Waals surface area contributed by atoms with Crippen LogP contribution in [0, 0.1) is 3.57 Å². The molecule has 1 aromatic carbocycles. The molecule has 0 atom stereocenters. The highest BCUT2D eigenvalue weighted by Crippen LogP contribution is 2.28. The third kappa shape index (κ3) is 3.61. The van der Waals surface area contributed by atoms with Gasteiger partial charge in [0.25, 0.3) is 5.91 Å². The number of hydrogen-bond acceptors (Lipinski definition) is 2. The number of rotatable bonds is 5. The second kappa shape index (κ2) is 6.90. The molecule has 0 aromatic heterocycles. The summed E-state index contributed by atoms with van der Waals surface area (Å²) in [6.45, 7) is 0.728. The van der Waals surface area contributed by atoms with E-state index in [1.807, 2.05) is 11.0 Å². The van der Waals surface area contributed by atoms with E-state index in [9.17, 15) is 4.79 Å². The lowest BCUT2D eigenvalue weighted by Gasteiger charge is -2.37. The lowest BCUT2D eigenvalue weighted by molar-refractivity contribution is 0.0561. The van der Waals surface area contributed by atoms with Gasteiger partial charge in [0.15, 0.2) is 0 Å². The molecule has 3 nitrogen and oxygen atoms in total. The second-order valence-corrected chi connectivity index (χ2v) is 6.38. The topological polar surface area (TPSA) is 40.5 Å². The fourth-order valence-electron chi connectivity index (χ4n) is 2.21. The van der Waals surface area contributed by atoms with E-state index in [0.717, 1.165) is 16.4 Å². The van der Waals surface area contributed by atoms with Crippen LogP contribution in [0.25, 0.3) is 0 Å². The fraction of sp³-hybridized carbons (Fsp3) is 0.500. The van der Waals surface area contributed by atoms with Crippen molar-refractivity contribution in [3.8, 4) is 0 Å². The second-order valence-electron chi connectivity index (χ2n) is 4.78. The first-order valence-electron chi connectivity index (χ1n) is 6.50. The van der Waals surface area contributed by atoms with Crippen molar-refractivity contribution in [1.82, 2.24) is 4.90 Å². The maximum absolute atomic E-state index is 12.6. The summed E-state index contributed by atoms with van der Waals surface area (Å²) >= 11 is 8.14. The molecule has 0 heterocycles. The van der Waals surface area contributed by atoms with Crippen LogP contribution < -0.4 is 0 Å². The molecule has 1 fully saturated rings. The van der Waals surface area contributed by atoms with Crippen molar-refractivity contribution >= 4 is 40.1 Å². The lowest BCUT2D eigenvalue weighted by atomic mass is 9.90. The van der Waals surface area contributed by atoms with Crippen LogP contribution in [0.5, 0.6) is 0 Å². The van der Waals surface area contributed by atoms with Gasteiger partial charge in [0.2, 0.25) is 0 Å².